The molecule has 1 aliphatic carbocycles. The monoisotopic (exact) mass is 498 g/mol. The van der Waals surface area contributed by atoms with Crippen LogP contribution in [0.3, 0.4) is 0 Å². The third-order valence-corrected chi connectivity index (χ3v) is 8.12. The van der Waals surface area contributed by atoms with Crippen molar-refractivity contribution < 1.29 is 0 Å². The molecule has 0 spiro atoms. The lowest BCUT2D eigenvalue weighted by Crippen LogP contribution is -2.41. The summed E-state index contributed by atoms with van der Waals surface area (Å²) in [4.78, 5) is 19.0. The smallest absolute Gasteiger partial charge is 0.252 e. The number of nitrogens with zero attached hydrogens (tertiary/aromatic N) is 5. The number of rotatable bonds is 9. The maximum atomic E-state index is 13.3. The largest absolute Gasteiger partial charge is 0.321 e. The topological polar surface area (TPSA) is 79.7 Å². The Balaban J connectivity index is 1.47. The van der Waals surface area contributed by atoms with Crippen molar-refractivity contribution in [3.63, 3.8) is 0 Å². The number of hydrogen-bond acceptors (Lipinski definition) is 5. The number of tetrazole rings is 1. The first kappa shape index (κ1) is 25.3. The lowest BCUT2D eigenvalue weighted by atomic mass is 9.92. The maximum Gasteiger partial charge on any atom is 0.252 e. The van der Waals surface area contributed by atoms with Crippen molar-refractivity contribution in [3.8, 4) is 0 Å². The second-order valence-corrected chi connectivity index (χ2v) is 10.5. The molecule has 7 nitrogen and oxygen atoms in total. The van der Waals surface area contributed by atoms with Gasteiger partial charge in [-0.1, -0.05) is 68.7 Å². The zero-order chi connectivity index (χ0) is 25.8. The van der Waals surface area contributed by atoms with Crippen LogP contribution in [0.4, 0.5) is 0 Å². The lowest BCUT2D eigenvalue weighted by molar-refractivity contribution is 0.0841. The molecule has 194 valence electrons. The van der Waals surface area contributed by atoms with Crippen LogP contribution in [0.25, 0.3) is 10.9 Å². The van der Waals surface area contributed by atoms with Crippen molar-refractivity contribution in [2.75, 3.05) is 0 Å². The molecule has 0 bridgehead atoms. The van der Waals surface area contributed by atoms with Crippen LogP contribution in [0.5, 0.6) is 0 Å². The summed E-state index contributed by atoms with van der Waals surface area (Å²) in [6.07, 6.45) is 7.78. The van der Waals surface area contributed by atoms with Gasteiger partial charge in [-0.2, -0.15) is 0 Å². The SMILES string of the molecule is CC[C@@H](c1nnnn1CCc1ccccc1)N(Cc1cc2ccc(C)c(C)c2[nH]c1=O)C1CCCCC1. The number of aromatic nitrogens is 5. The van der Waals surface area contributed by atoms with E-state index in [1.165, 1.54) is 30.4 Å². The first-order valence-electron chi connectivity index (χ1n) is 13.7. The van der Waals surface area contributed by atoms with Crippen LogP contribution in [0.15, 0.2) is 53.3 Å². The average molecular weight is 499 g/mol. The third kappa shape index (κ3) is 5.52. The number of hydrogen-bond donors (Lipinski definition) is 1. The summed E-state index contributed by atoms with van der Waals surface area (Å²) < 4.78 is 1.97. The van der Waals surface area contributed by atoms with Crippen molar-refractivity contribution in [2.24, 2.45) is 0 Å². The molecule has 0 radical (unpaired) electrons. The van der Waals surface area contributed by atoms with Crippen LogP contribution in [-0.4, -0.2) is 36.1 Å². The van der Waals surface area contributed by atoms with Crippen LogP contribution in [-0.2, 0) is 19.5 Å². The van der Waals surface area contributed by atoms with Crippen LogP contribution in [0.2, 0.25) is 0 Å². The van der Waals surface area contributed by atoms with E-state index in [0.29, 0.717) is 12.6 Å². The van der Waals surface area contributed by atoms with Gasteiger partial charge in [-0.25, -0.2) is 4.68 Å². The Hall–Kier alpha value is -3.32. The quantitative estimate of drug-likeness (QED) is 0.322. The molecule has 7 heteroatoms. The molecule has 0 unspecified atom stereocenters. The Labute approximate surface area is 218 Å². The minimum absolute atomic E-state index is 0.000493. The molecule has 0 aliphatic heterocycles. The fourth-order valence-corrected chi connectivity index (χ4v) is 5.85. The van der Waals surface area contributed by atoms with Gasteiger partial charge in [-0.3, -0.25) is 9.69 Å². The normalized spacial score (nSPS) is 15.5. The second-order valence-electron chi connectivity index (χ2n) is 10.5. The molecule has 1 saturated carbocycles. The van der Waals surface area contributed by atoms with Gasteiger partial charge in [-0.05, 0) is 78.1 Å². The molecule has 1 N–H and O–H groups in total. The van der Waals surface area contributed by atoms with Crippen molar-refractivity contribution in [3.05, 3.63) is 87.0 Å². The molecular formula is C30H38N6O. The number of aryl methyl sites for hydroxylation is 4. The van der Waals surface area contributed by atoms with Crippen molar-refractivity contribution in [1.82, 2.24) is 30.1 Å². The molecule has 37 heavy (non-hydrogen) atoms. The summed E-state index contributed by atoms with van der Waals surface area (Å²) in [7, 11) is 0. The predicted molar refractivity (Wildman–Crippen MR) is 147 cm³/mol. The van der Waals surface area contributed by atoms with Gasteiger partial charge < -0.3 is 4.98 Å². The Kier molecular flexibility index (Phi) is 7.79. The van der Waals surface area contributed by atoms with Crippen molar-refractivity contribution in [2.45, 2.75) is 90.9 Å². The first-order valence-corrected chi connectivity index (χ1v) is 13.7. The third-order valence-electron chi connectivity index (χ3n) is 8.12. The van der Waals surface area contributed by atoms with Gasteiger partial charge in [0.1, 0.15) is 0 Å². The number of benzene rings is 2. The Morgan fingerprint density at radius 3 is 2.62 bits per heavy atom. The Morgan fingerprint density at radius 1 is 1.08 bits per heavy atom. The number of aromatic amines is 1. The van der Waals surface area contributed by atoms with Crippen LogP contribution in [0.1, 0.15) is 79.6 Å². The number of H-pyrrole nitrogens is 1. The maximum absolute atomic E-state index is 13.3. The molecular weight excluding hydrogens is 460 g/mol. The van der Waals surface area contributed by atoms with E-state index in [4.69, 9.17) is 0 Å². The Bertz CT molecular complexity index is 1390. The van der Waals surface area contributed by atoms with E-state index in [2.05, 4.69) is 88.6 Å². The molecule has 2 aromatic carbocycles. The minimum atomic E-state index is 0.000493. The zero-order valence-electron chi connectivity index (χ0n) is 22.3. The summed E-state index contributed by atoms with van der Waals surface area (Å²) in [5.41, 5.74) is 5.34. The number of nitrogens with one attached hydrogen (secondary N) is 1. The van der Waals surface area contributed by atoms with Gasteiger partial charge in [0.15, 0.2) is 5.82 Å². The summed E-state index contributed by atoms with van der Waals surface area (Å²) in [6.45, 7) is 7.68. The van der Waals surface area contributed by atoms with E-state index < -0.39 is 0 Å². The average Bonchev–Trinajstić information content (AvgIpc) is 3.39. The molecule has 2 aromatic heterocycles. The summed E-state index contributed by atoms with van der Waals surface area (Å²) in [6, 6.07) is 17.3. The number of pyridine rings is 1. The standard InChI is InChI=1S/C30H38N6O/c1-4-27(29-32-33-34-36(29)18-17-23-11-7-5-8-12-23)35(26-13-9-6-10-14-26)20-25-19-24-16-15-21(2)22(3)28(24)31-30(25)37/h5,7-8,11-12,15-16,19,26-27H,4,6,9-10,13-14,17-18,20H2,1-3H3,(H,31,37)/t27-/m0/s1. The van der Waals surface area contributed by atoms with E-state index in [-0.39, 0.29) is 11.6 Å². The van der Waals surface area contributed by atoms with Gasteiger partial charge in [-0.15, -0.1) is 5.10 Å². The van der Waals surface area contributed by atoms with Crippen LogP contribution in [0, 0.1) is 13.8 Å². The van der Waals surface area contributed by atoms with Crippen LogP contribution < -0.4 is 5.56 Å². The fourth-order valence-electron chi connectivity index (χ4n) is 5.85. The summed E-state index contributed by atoms with van der Waals surface area (Å²) in [5.74, 6) is 0.896. The minimum Gasteiger partial charge on any atom is -0.321 e. The molecule has 1 atom stereocenters. The molecule has 1 aliphatic rings. The van der Waals surface area contributed by atoms with Gasteiger partial charge in [0.05, 0.1) is 11.6 Å². The molecule has 2 heterocycles. The first-order chi connectivity index (χ1) is 18.0. The summed E-state index contributed by atoms with van der Waals surface area (Å²) >= 11 is 0. The number of fused-ring (bicyclic) bond motifs is 1. The molecule has 1 fully saturated rings. The van der Waals surface area contributed by atoms with Crippen molar-refractivity contribution in [1.29, 1.82) is 0 Å². The molecule has 5 rings (SSSR count). The second kappa shape index (κ2) is 11.4. The van der Waals surface area contributed by atoms with Crippen molar-refractivity contribution >= 4 is 10.9 Å². The van der Waals surface area contributed by atoms with E-state index in [9.17, 15) is 4.79 Å². The highest BCUT2D eigenvalue weighted by Gasteiger charge is 2.32. The van der Waals surface area contributed by atoms with Gasteiger partial charge >= 0.3 is 0 Å². The summed E-state index contributed by atoms with van der Waals surface area (Å²) in [5, 5.41) is 14.1. The van der Waals surface area contributed by atoms with E-state index in [1.54, 1.807) is 0 Å². The molecule has 4 aromatic rings. The molecule has 0 saturated heterocycles. The van der Waals surface area contributed by atoms with Gasteiger partial charge in [0.25, 0.3) is 5.56 Å². The Morgan fingerprint density at radius 2 is 1.86 bits per heavy atom. The highest BCUT2D eigenvalue weighted by molar-refractivity contribution is 5.83. The zero-order valence-corrected chi connectivity index (χ0v) is 22.3. The van der Waals surface area contributed by atoms with Crippen LogP contribution >= 0.6 is 0 Å². The highest BCUT2D eigenvalue weighted by Crippen LogP contribution is 2.33. The van der Waals surface area contributed by atoms with E-state index >= 15 is 0 Å². The van der Waals surface area contributed by atoms with Gasteiger partial charge in [0, 0.05) is 24.7 Å². The highest BCUT2D eigenvalue weighted by atomic mass is 16.1. The van der Waals surface area contributed by atoms with Gasteiger partial charge in [0.2, 0.25) is 0 Å². The van der Waals surface area contributed by atoms with E-state index in [1.807, 2.05) is 10.7 Å². The lowest BCUT2D eigenvalue weighted by Gasteiger charge is -2.39. The van der Waals surface area contributed by atoms with E-state index in [0.717, 1.165) is 60.1 Å². The predicted octanol–water partition coefficient (Wildman–Crippen LogP) is 5.66. The molecule has 0 amide bonds. The fraction of sp³-hybridized carbons (Fsp3) is 0.467.